The average Bonchev–Trinajstić information content (AvgIpc) is 3.11. The molecule has 0 spiro atoms. The van der Waals surface area contributed by atoms with Crippen molar-refractivity contribution in [2.45, 2.75) is 12.3 Å². The highest BCUT2D eigenvalue weighted by Gasteiger charge is 2.27. The minimum Gasteiger partial charge on any atom is -0.496 e. The number of nitrogens with one attached hydrogen (secondary N) is 1. The van der Waals surface area contributed by atoms with Gasteiger partial charge in [0.05, 0.1) is 7.11 Å². The Balaban J connectivity index is 1.79. The largest absolute Gasteiger partial charge is 0.496 e. The summed E-state index contributed by atoms with van der Waals surface area (Å²) in [7, 11) is 3.32. The fraction of sp³-hybridized carbons (Fsp3) is 0.333. The average molecular weight is 311 g/mol. The van der Waals surface area contributed by atoms with Crippen LogP contribution in [-0.2, 0) is 0 Å². The molecule has 120 valence electrons. The highest BCUT2D eigenvalue weighted by atomic mass is 16.5. The van der Waals surface area contributed by atoms with Crippen molar-refractivity contribution in [2.24, 2.45) is 0 Å². The molecule has 3 rings (SSSR count). The Hall–Kier alpha value is -2.56. The monoisotopic (exact) mass is 311 g/mol. The van der Waals surface area contributed by atoms with Crippen molar-refractivity contribution in [3.05, 3.63) is 53.7 Å². The maximum absolute atomic E-state index is 11.7. The van der Waals surface area contributed by atoms with Gasteiger partial charge in [0.1, 0.15) is 17.3 Å². The number of nitrogens with zero attached hydrogens (tertiary/aromatic N) is 2. The number of methoxy groups -OCH3 is 1. The molecule has 23 heavy (non-hydrogen) atoms. The standard InChI is InChI=1S/C18H21N3O2/c1-19-18(22)15-7-5-9-17(20-15)21-11-10-13(12-21)14-6-3-4-8-16(14)23-2/h3-9,13H,10-12H2,1-2H3,(H,19,22)/t13-/m1/s1. The Labute approximate surface area is 136 Å². The maximum atomic E-state index is 11.7. The zero-order chi connectivity index (χ0) is 16.2. The highest BCUT2D eigenvalue weighted by Crippen LogP contribution is 2.34. The number of amides is 1. The van der Waals surface area contributed by atoms with Crippen LogP contribution in [0, 0.1) is 0 Å². The summed E-state index contributed by atoms with van der Waals surface area (Å²) in [6.45, 7) is 1.80. The van der Waals surface area contributed by atoms with Gasteiger partial charge >= 0.3 is 0 Å². The predicted molar refractivity (Wildman–Crippen MR) is 90.2 cm³/mol. The van der Waals surface area contributed by atoms with Gasteiger partial charge in [0.25, 0.3) is 5.91 Å². The molecule has 1 aromatic heterocycles. The van der Waals surface area contributed by atoms with E-state index in [1.807, 2.05) is 30.3 Å². The third-order valence-electron chi connectivity index (χ3n) is 4.29. The summed E-state index contributed by atoms with van der Waals surface area (Å²) in [6.07, 6.45) is 1.05. The van der Waals surface area contributed by atoms with Gasteiger partial charge in [0, 0.05) is 26.1 Å². The van der Waals surface area contributed by atoms with Gasteiger partial charge in [-0.3, -0.25) is 4.79 Å². The van der Waals surface area contributed by atoms with Crippen molar-refractivity contribution in [3.63, 3.8) is 0 Å². The molecule has 2 heterocycles. The normalized spacial score (nSPS) is 17.1. The number of anilines is 1. The van der Waals surface area contributed by atoms with Crippen LogP contribution in [0.2, 0.25) is 0 Å². The number of pyridine rings is 1. The first-order valence-corrected chi connectivity index (χ1v) is 7.80. The Morgan fingerprint density at radius 1 is 1.26 bits per heavy atom. The summed E-state index contributed by atoms with van der Waals surface area (Å²) < 4.78 is 5.48. The summed E-state index contributed by atoms with van der Waals surface area (Å²) in [5, 5.41) is 2.61. The number of hydrogen-bond acceptors (Lipinski definition) is 4. The summed E-state index contributed by atoms with van der Waals surface area (Å²) in [4.78, 5) is 18.4. The molecule has 5 nitrogen and oxygen atoms in total. The van der Waals surface area contributed by atoms with E-state index < -0.39 is 0 Å². The molecule has 0 saturated carbocycles. The molecule has 1 aliphatic heterocycles. The number of aromatic nitrogens is 1. The number of carbonyl (C=O) groups excluding carboxylic acids is 1. The quantitative estimate of drug-likeness (QED) is 0.942. The van der Waals surface area contributed by atoms with Gasteiger partial charge in [-0.2, -0.15) is 0 Å². The van der Waals surface area contributed by atoms with Gasteiger partial charge in [0.2, 0.25) is 0 Å². The molecule has 2 aromatic rings. The molecular weight excluding hydrogens is 290 g/mol. The summed E-state index contributed by atoms with van der Waals surface area (Å²) in [6, 6.07) is 13.7. The van der Waals surface area contributed by atoms with Gasteiger partial charge in [-0.25, -0.2) is 4.98 Å². The predicted octanol–water partition coefficient (Wildman–Crippen LogP) is 2.44. The van der Waals surface area contributed by atoms with Crippen LogP contribution < -0.4 is 15.0 Å². The highest BCUT2D eigenvalue weighted by molar-refractivity contribution is 5.92. The van der Waals surface area contributed by atoms with Crippen molar-refractivity contribution in [1.29, 1.82) is 0 Å². The second-order valence-electron chi connectivity index (χ2n) is 5.63. The van der Waals surface area contributed by atoms with Crippen LogP contribution in [-0.4, -0.2) is 38.1 Å². The molecule has 0 aliphatic carbocycles. The Kier molecular flexibility index (Phi) is 4.46. The lowest BCUT2D eigenvalue weighted by atomic mass is 9.97. The molecule has 5 heteroatoms. The molecule has 1 saturated heterocycles. The first-order valence-electron chi connectivity index (χ1n) is 7.80. The molecular formula is C18H21N3O2. The lowest BCUT2D eigenvalue weighted by Gasteiger charge is -2.19. The van der Waals surface area contributed by atoms with Crippen LogP contribution in [0.15, 0.2) is 42.5 Å². The summed E-state index contributed by atoms with van der Waals surface area (Å²) in [5.41, 5.74) is 1.69. The van der Waals surface area contributed by atoms with E-state index in [9.17, 15) is 4.79 Å². The van der Waals surface area contributed by atoms with E-state index >= 15 is 0 Å². The van der Waals surface area contributed by atoms with Crippen molar-refractivity contribution in [1.82, 2.24) is 10.3 Å². The molecule has 1 amide bonds. The molecule has 0 radical (unpaired) electrons. The number of ether oxygens (including phenoxy) is 1. The van der Waals surface area contributed by atoms with Gasteiger partial charge in [0.15, 0.2) is 0 Å². The van der Waals surface area contributed by atoms with E-state index in [0.29, 0.717) is 11.6 Å². The number of rotatable bonds is 4. The summed E-state index contributed by atoms with van der Waals surface area (Å²) in [5.74, 6) is 2.04. The second-order valence-corrected chi connectivity index (χ2v) is 5.63. The lowest BCUT2D eigenvalue weighted by Crippen LogP contribution is -2.23. The zero-order valence-corrected chi connectivity index (χ0v) is 13.5. The zero-order valence-electron chi connectivity index (χ0n) is 13.5. The first kappa shape index (κ1) is 15.3. The lowest BCUT2D eigenvalue weighted by molar-refractivity contribution is 0.0958. The molecule has 1 aliphatic rings. The van der Waals surface area contributed by atoms with Crippen LogP contribution in [0.5, 0.6) is 5.75 Å². The second kappa shape index (κ2) is 6.69. The maximum Gasteiger partial charge on any atom is 0.269 e. The number of para-hydroxylation sites is 1. The van der Waals surface area contributed by atoms with Gasteiger partial charge in [-0.15, -0.1) is 0 Å². The van der Waals surface area contributed by atoms with Crippen LogP contribution in [0.25, 0.3) is 0 Å². The fourth-order valence-electron chi connectivity index (χ4n) is 3.08. The van der Waals surface area contributed by atoms with Crippen molar-refractivity contribution >= 4 is 11.7 Å². The van der Waals surface area contributed by atoms with E-state index in [-0.39, 0.29) is 5.91 Å². The van der Waals surface area contributed by atoms with Crippen LogP contribution >= 0.6 is 0 Å². The molecule has 1 aromatic carbocycles. The molecule has 1 atom stereocenters. The van der Waals surface area contributed by atoms with E-state index in [4.69, 9.17) is 4.74 Å². The van der Waals surface area contributed by atoms with Crippen LogP contribution in [0.3, 0.4) is 0 Å². The number of carbonyl (C=O) groups is 1. The van der Waals surface area contributed by atoms with Crippen molar-refractivity contribution in [3.8, 4) is 5.75 Å². The smallest absolute Gasteiger partial charge is 0.269 e. The Bertz CT molecular complexity index is 702. The third-order valence-corrected chi connectivity index (χ3v) is 4.29. The number of hydrogen-bond donors (Lipinski definition) is 1. The first-order chi connectivity index (χ1) is 11.2. The SMILES string of the molecule is CNC(=O)c1cccc(N2CC[C@@H](c3ccccc3OC)C2)n1. The molecule has 1 N–H and O–H groups in total. The van der Waals surface area contributed by atoms with Gasteiger partial charge in [-0.1, -0.05) is 24.3 Å². The van der Waals surface area contributed by atoms with Crippen LogP contribution in [0.4, 0.5) is 5.82 Å². The van der Waals surface area contributed by atoms with Gasteiger partial charge in [-0.05, 0) is 30.2 Å². The Morgan fingerprint density at radius 2 is 2.09 bits per heavy atom. The molecule has 0 unspecified atom stereocenters. The number of benzene rings is 1. The topological polar surface area (TPSA) is 54.5 Å². The Morgan fingerprint density at radius 3 is 2.87 bits per heavy atom. The minimum absolute atomic E-state index is 0.160. The van der Waals surface area contributed by atoms with E-state index in [1.165, 1.54) is 5.56 Å². The molecule has 1 fully saturated rings. The fourth-order valence-corrected chi connectivity index (χ4v) is 3.08. The van der Waals surface area contributed by atoms with Crippen molar-refractivity contribution < 1.29 is 9.53 Å². The van der Waals surface area contributed by atoms with E-state index in [2.05, 4.69) is 21.3 Å². The van der Waals surface area contributed by atoms with Crippen LogP contribution in [0.1, 0.15) is 28.4 Å². The van der Waals surface area contributed by atoms with E-state index in [1.54, 1.807) is 20.2 Å². The third kappa shape index (κ3) is 3.13. The molecule has 0 bridgehead atoms. The van der Waals surface area contributed by atoms with Gasteiger partial charge < -0.3 is 15.0 Å². The summed E-state index contributed by atoms with van der Waals surface area (Å²) >= 11 is 0. The van der Waals surface area contributed by atoms with E-state index in [0.717, 1.165) is 31.1 Å². The van der Waals surface area contributed by atoms with Crippen molar-refractivity contribution in [2.75, 3.05) is 32.1 Å². The minimum atomic E-state index is -0.160.